The summed E-state index contributed by atoms with van der Waals surface area (Å²) in [5.74, 6) is -0.774. The largest absolute Gasteiger partial charge is 0.326 e. The van der Waals surface area contributed by atoms with Crippen LogP contribution in [0.3, 0.4) is 0 Å². The summed E-state index contributed by atoms with van der Waals surface area (Å²) in [7, 11) is 0. The molecule has 1 fully saturated rings. The highest BCUT2D eigenvalue weighted by molar-refractivity contribution is 5.94. The van der Waals surface area contributed by atoms with Gasteiger partial charge in [-0.15, -0.1) is 0 Å². The van der Waals surface area contributed by atoms with Gasteiger partial charge in [0.2, 0.25) is 5.91 Å². The first-order chi connectivity index (χ1) is 12.1. The van der Waals surface area contributed by atoms with Gasteiger partial charge in [0, 0.05) is 24.5 Å². The SMILES string of the molecule is O=C(Nc1ccc(F)cc1)[C@H]1CCCN(C(=O)Nc2ccccc2)C1. The van der Waals surface area contributed by atoms with Crippen LogP contribution in [0.1, 0.15) is 12.8 Å². The summed E-state index contributed by atoms with van der Waals surface area (Å²) >= 11 is 0. The zero-order chi connectivity index (χ0) is 17.6. The fourth-order valence-electron chi connectivity index (χ4n) is 2.88. The van der Waals surface area contributed by atoms with Gasteiger partial charge in [-0.25, -0.2) is 9.18 Å². The highest BCUT2D eigenvalue weighted by Crippen LogP contribution is 2.20. The van der Waals surface area contributed by atoms with Gasteiger partial charge < -0.3 is 15.5 Å². The molecule has 5 nitrogen and oxygen atoms in total. The lowest BCUT2D eigenvalue weighted by atomic mass is 9.97. The summed E-state index contributed by atoms with van der Waals surface area (Å²) < 4.78 is 12.9. The van der Waals surface area contributed by atoms with Crippen LogP contribution < -0.4 is 10.6 Å². The number of hydrogen-bond acceptors (Lipinski definition) is 2. The molecule has 0 bridgehead atoms. The first-order valence-corrected chi connectivity index (χ1v) is 8.29. The Kier molecular flexibility index (Phi) is 5.28. The maximum atomic E-state index is 12.9. The van der Waals surface area contributed by atoms with Gasteiger partial charge >= 0.3 is 6.03 Å². The number of urea groups is 1. The topological polar surface area (TPSA) is 61.4 Å². The lowest BCUT2D eigenvalue weighted by Crippen LogP contribution is -2.45. The molecule has 2 N–H and O–H groups in total. The number of piperidine rings is 1. The van der Waals surface area contributed by atoms with Crippen LogP contribution >= 0.6 is 0 Å². The van der Waals surface area contributed by atoms with Gasteiger partial charge in [-0.1, -0.05) is 18.2 Å². The molecule has 1 heterocycles. The van der Waals surface area contributed by atoms with Gasteiger partial charge in [0.05, 0.1) is 5.92 Å². The summed E-state index contributed by atoms with van der Waals surface area (Å²) in [6.45, 7) is 0.991. The summed E-state index contributed by atoms with van der Waals surface area (Å²) in [4.78, 5) is 26.4. The summed E-state index contributed by atoms with van der Waals surface area (Å²) in [6, 6.07) is 14.7. The average Bonchev–Trinajstić information content (AvgIpc) is 2.64. The van der Waals surface area contributed by atoms with Crippen molar-refractivity contribution in [3.63, 3.8) is 0 Å². The highest BCUT2D eigenvalue weighted by atomic mass is 19.1. The molecule has 1 aliphatic heterocycles. The van der Waals surface area contributed by atoms with Crippen molar-refractivity contribution in [2.45, 2.75) is 12.8 Å². The smallest absolute Gasteiger partial charge is 0.321 e. The van der Waals surface area contributed by atoms with E-state index in [1.54, 1.807) is 4.90 Å². The van der Waals surface area contributed by atoms with Crippen molar-refractivity contribution in [1.82, 2.24) is 4.90 Å². The van der Waals surface area contributed by atoms with Crippen molar-refractivity contribution < 1.29 is 14.0 Å². The molecular formula is C19H20FN3O2. The quantitative estimate of drug-likeness (QED) is 0.894. The average molecular weight is 341 g/mol. The second-order valence-corrected chi connectivity index (χ2v) is 6.08. The van der Waals surface area contributed by atoms with Crippen LogP contribution in [0.25, 0.3) is 0 Å². The molecule has 0 aromatic heterocycles. The Bertz CT molecular complexity index is 734. The van der Waals surface area contributed by atoms with Gasteiger partial charge in [0.1, 0.15) is 5.82 Å². The van der Waals surface area contributed by atoms with Crippen molar-refractivity contribution in [1.29, 1.82) is 0 Å². The first kappa shape index (κ1) is 17.0. The van der Waals surface area contributed by atoms with E-state index >= 15 is 0 Å². The van der Waals surface area contributed by atoms with Crippen molar-refractivity contribution in [2.75, 3.05) is 23.7 Å². The molecular weight excluding hydrogens is 321 g/mol. The fraction of sp³-hybridized carbons (Fsp3) is 0.263. The molecule has 3 amide bonds. The molecule has 3 rings (SSSR count). The number of nitrogens with zero attached hydrogens (tertiary/aromatic N) is 1. The Morgan fingerprint density at radius 1 is 0.960 bits per heavy atom. The number of hydrogen-bond donors (Lipinski definition) is 2. The number of likely N-dealkylation sites (tertiary alicyclic amines) is 1. The molecule has 0 spiro atoms. The van der Waals surface area contributed by atoms with Crippen LogP contribution in [0.2, 0.25) is 0 Å². The Balaban J connectivity index is 1.57. The van der Waals surface area contributed by atoms with Crippen LogP contribution in [0.4, 0.5) is 20.6 Å². The molecule has 25 heavy (non-hydrogen) atoms. The molecule has 6 heteroatoms. The van der Waals surface area contributed by atoms with E-state index in [0.29, 0.717) is 18.8 Å². The number of para-hydroxylation sites is 1. The number of carbonyl (C=O) groups is 2. The summed E-state index contributed by atoms with van der Waals surface area (Å²) in [6.07, 6.45) is 1.49. The van der Waals surface area contributed by atoms with Crippen molar-refractivity contribution >= 4 is 23.3 Å². The molecule has 0 radical (unpaired) electrons. The standard InChI is InChI=1S/C19H20FN3O2/c20-15-8-10-17(11-9-15)21-18(24)14-5-4-12-23(13-14)19(25)22-16-6-2-1-3-7-16/h1-3,6-11,14H,4-5,12-13H2,(H,21,24)(H,22,25)/t14-/m0/s1. The third-order valence-electron chi connectivity index (χ3n) is 4.22. The van der Waals surface area contributed by atoms with E-state index in [2.05, 4.69) is 10.6 Å². The Labute approximate surface area is 145 Å². The minimum absolute atomic E-state index is 0.149. The molecule has 0 saturated carbocycles. The minimum atomic E-state index is -0.348. The molecule has 0 unspecified atom stereocenters. The number of benzene rings is 2. The molecule has 2 aromatic carbocycles. The van der Waals surface area contributed by atoms with E-state index in [0.717, 1.165) is 18.5 Å². The zero-order valence-corrected chi connectivity index (χ0v) is 13.7. The number of anilines is 2. The van der Waals surface area contributed by atoms with Crippen LogP contribution in [0, 0.1) is 11.7 Å². The lowest BCUT2D eigenvalue weighted by molar-refractivity contribution is -0.121. The van der Waals surface area contributed by atoms with Crippen molar-refractivity contribution in [3.05, 3.63) is 60.4 Å². The normalized spacial score (nSPS) is 17.0. The summed E-state index contributed by atoms with van der Waals surface area (Å²) in [5, 5.41) is 5.62. The fourth-order valence-corrected chi connectivity index (χ4v) is 2.88. The number of rotatable bonds is 3. The highest BCUT2D eigenvalue weighted by Gasteiger charge is 2.28. The molecule has 1 aliphatic rings. The molecule has 0 aliphatic carbocycles. The van der Waals surface area contributed by atoms with Crippen LogP contribution in [0.15, 0.2) is 54.6 Å². The van der Waals surface area contributed by atoms with Crippen molar-refractivity contribution in [3.8, 4) is 0 Å². The Hall–Kier alpha value is -2.89. The van der Waals surface area contributed by atoms with Crippen molar-refractivity contribution in [2.24, 2.45) is 5.92 Å². The first-order valence-electron chi connectivity index (χ1n) is 8.29. The second-order valence-electron chi connectivity index (χ2n) is 6.08. The number of halogens is 1. The van der Waals surface area contributed by atoms with E-state index in [-0.39, 0.29) is 23.7 Å². The Morgan fingerprint density at radius 2 is 1.64 bits per heavy atom. The van der Waals surface area contributed by atoms with Crippen LogP contribution in [-0.4, -0.2) is 29.9 Å². The maximum Gasteiger partial charge on any atom is 0.321 e. The number of amides is 3. The van der Waals surface area contributed by atoms with E-state index in [9.17, 15) is 14.0 Å². The van der Waals surface area contributed by atoms with Gasteiger partial charge in [0.15, 0.2) is 0 Å². The number of carbonyl (C=O) groups excluding carboxylic acids is 2. The van der Waals surface area contributed by atoms with E-state index in [1.165, 1.54) is 24.3 Å². The monoisotopic (exact) mass is 341 g/mol. The Morgan fingerprint density at radius 3 is 2.36 bits per heavy atom. The predicted molar refractivity (Wildman–Crippen MR) is 94.8 cm³/mol. The van der Waals surface area contributed by atoms with Crippen LogP contribution in [0.5, 0.6) is 0 Å². The minimum Gasteiger partial charge on any atom is -0.326 e. The second kappa shape index (κ2) is 7.79. The molecule has 2 aromatic rings. The summed E-state index contributed by atoms with van der Waals surface area (Å²) in [5.41, 5.74) is 1.28. The van der Waals surface area contributed by atoms with Crippen LogP contribution in [-0.2, 0) is 4.79 Å². The lowest BCUT2D eigenvalue weighted by Gasteiger charge is -2.32. The van der Waals surface area contributed by atoms with Gasteiger partial charge in [-0.3, -0.25) is 4.79 Å². The third kappa shape index (κ3) is 4.56. The molecule has 1 atom stereocenters. The maximum absolute atomic E-state index is 12.9. The predicted octanol–water partition coefficient (Wildman–Crippen LogP) is 3.71. The number of nitrogens with one attached hydrogen (secondary N) is 2. The van der Waals surface area contributed by atoms with E-state index in [4.69, 9.17) is 0 Å². The third-order valence-corrected chi connectivity index (χ3v) is 4.22. The molecule has 130 valence electrons. The van der Waals surface area contributed by atoms with E-state index in [1.807, 2.05) is 30.3 Å². The van der Waals surface area contributed by atoms with E-state index < -0.39 is 0 Å². The molecule has 1 saturated heterocycles. The van der Waals surface area contributed by atoms with Gasteiger partial charge in [0.25, 0.3) is 0 Å². The zero-order valence-electron chi connectivity index (χ0n) is 13.7. The van der Waals surface area contributed by atoms with Gasteiger partial charge in [-0.2, -0.15) is 0 Å². The van der Waals surface area contributed by atoms with Gasteiger partial charge in [-0.05, 0) is 49.2 Å².